The Balaban J connectivity index is 1.48. The number of nitro benzene ring substituents is 1. The molecular weight excluding hydrogens is 388 g/mol. The Hall–Kier alpha value is -4.01. The van der Waals surface area contributed by atoms with Gasteiger partial charge in [0.25, 0.3) is 17.5 Å². The van der Waals surface area contributed by atoms with Crippen molar-refractivity contribution in [3.05, 3.63) is 81.9 Å². The fraction of sp³-hybridized carbons (Fsp3) is 0.190. The summed E-state index contributed by atoms with van der Waals surface area (Å²) >= 11 is 0. The molecule has 3 aromatic rings. The summed E-state index contributed by atoms with van der Waals surface area (Å²) in [5, 5.41) is 16.6. The quantitative estimate of drug-likeness (QED) is 0.335. The zero-order valence-corrected chi connectivity index (χ0v) is 16.3. The summed E-state index contributed by atoms with van der Waals surface area (Å²) in [7, 11) is 0. The number of carbonyl (C=O) groups excluding carboxylic acids is 2. The molecule has 0 saturated heterocycles. The van der Waals surface area contributed by atoms with Gasteiger partial charge in [-0.25, -0.2) is 0 Å². The Morgan fingerprint density at radius 2 is 1.77 bits per heavy atom. The number of rotatable bonds is 8. The first-order valence-corrected chi connectivity index (χ1v) is 9.28. The van der Waals surface area contributed by atoms with Crippen molar-refractivity contribution >= 4 is 17.5 Å². The van der Waals surface area contributed by atoms with E-state index in [-0.39, 0.29) is 23.1 Å². The van der Waals surface area contributed by atoms with Crippen molar-refractivity contribution in [1.82, 2.24) is 15.6 Å². The second-order valence-corrected chi connectivity index (χ2v) is 6.49. The normalized spacial score (nSPS) is 10.4. The van der Waals surface area contributed by atoms with Gasteiger partial charge in [0.1, 0.15) is 5.76 Å². The van der Waals surface area contributed by atoms with Crippen LogP contribution >= 0.6 is 0 Å². The summed E-state index contributed by atoms with van der Waals surface area (Å²) < 4.78 is 5.49. The maximum Gasteiger partial charge on any atom is 0.287 e. The lowest BCUT2D eigenvalue weighted by Crippen LogP contribution is -2.29. The van der Waals surface area contributed by atoms with Gasteiger partial charge in [0, 0.05) is 31.0 Å². The van der Waals surface area contributed by atoms with Gasteiger partial charge in [-0.1, -0.05) is 12.1 Å². The van der Waals surface area contributed by atoms with E-state index in [9.17, 15) is 19.7 Å². The molecule has 2 N–H and O–H groups in total. The molecule has 0 saturated carbocycles. The van der Waals surface area contributed by atoms with Crippen LogP contribution in [0.25, 0.3) is 11.3 Å². The number of benzene rings is 1. The second kappa shape index (κ2) is 9.46. The highest BCUT2D eigenvalue weighted by molar-refractivity contribution is 5.94. The summed E-state index contributed by atoms with van der Waals surface area (Å²) in [6.45, 7) is 2.55. The van der Waals surface area contributed by atoms with Crippen LogP contribution in [0.3, 0.4) is 0 Å². The van der Waals surface area contributed by atoms with Crippen LogP contribution in [0.15, 0.2) is 59.1 Å². The monoisotopic (exact) mass is 408 g/mol. The van der Waals surface area contributed by atoms with Crippen LogP contribution in [-0.2, 0) is 0 Å². The van der Waals surface area contributed by atoms with E-state index in [2.05, 4.69) is 15.6 Å². The van der Waals surface area contributed by atoms with Crippen LogP contribution in [0.2, 0.25) is 0 Å². The summed E-state index contributed by atoms with van der Waals surface area (Å²) in [5.74, 6) is -0.368. The molecule has 2 aromatic heterocycles. The molecule has 0 aliphatic heterocycles. The minimum atomic E-state index is -0.501. The first kappa shape index (κ1) is 20.7. The van der Waals surface area contributed by atoms with E-state index in [1.807, 2.05) is 6.92 Å². The number of aromatic nitrogens is 1. The number of nitrogens with one attached hydrogen (secondary N) is 2. The number of pyridine rings is 1. The van der Waals surface area contributed by atoms with Crippen molar-refractivity contribution in [3.8, 4) is 11.3 Å². The van der Waals surface area contributed by atoms with Crippen molar-refractivity contribution in [2.24, 2.45) is 0 Å². The standard InChI is InChI=1S/C21H20N4O5/c1-14-7-8-15(13-24-14)20(26)22-11-4-12-23-21(27)19-10-9-18(30-19)16-5-2-3-6-17(16)25(28)29/h2-3,5-10,13H,4,11-12H2,1H3,(H,22,26)(H,23,27). The van der Waals surface area contributed by atoms with Gasteiger partial charge in [-0.15, -0.1) is 0 Å². The third kappa shape index (κ3) is 5.07. The van der Waals surface area contributed by atoms with Gasteiger partial charge < -0.3 is 15.1 Å². The Morgan fingerprint density at radius 3 is 2.47 bits per heavy atom. The van der Waals surface area contributed by atoms with E-state index in [1.165, 1.54) is 24.4 Å². The number of hydrogen-bond donors (Lipinski definition) is 2. The summed E-state index contributed by atoms with van der Waals surface area (Å²) in [6.07, 6.45) is 2.03. The summed E-state index contributed by atoms with van der Waals surface area (Å²) in [4.78, 5) is 38.9. The smallest absolute Gasteiger partial charge is 0.287 e. The Labute approximate surface area is 172 Å². The predicted molar refractivity (Wildman–Crippen MR) is 109 cm³/mol. The minimum absolute atomic E-state index is 0.0536. The molecule has 154 valence electrons. The van der Waals surface area contributed by atoms with E-state index in [4.69, 9.17) is 4.42 Å². The molecule has 30 heavy (non-hydrogen) atoms. The average molecular weight is 408 g/mol. The maximum absolute atomic E-state index is 12.2. The molecule has 0 unspecified atom stereocenters. The Morgan fingerprint density at radius 1 is 1.03 bits per heavy atom. The Bertz CT molecular complexity index is 1060. The van der Waals surface area contributed by atoms with Gasteiger partial charge in [0.2, 0.25) is 0 Å². The lowest BCUT2D eigenvalue weighted by atomic mass is 10.1. The number of hydrogen-bond acceptors (Lipinski definition) is 6. The minimum Gasteiger partial charge on any atom is -0.451 e. The number of carbonyl (C=O) groups is 2. The third-order valence-electron chi connectivity index (χ3n) is 4.29. The van der Waals surface area contributed by atoms with Crippen molar-refractivity contribution in [3.63, 3.8) is 0 Å². The van der Waals surface area contributed by atoms with Gasteiger partial charge in [-0.2, -0.15) is 0 Å². The highest BCUT2D eigenvalue weighted by Crippen LogP contribution is 2.30. The molecule has 3 rings (SSSR count). The summed E-state index contributed by atoms with van der Waals surface area (Å²) in [5.41, 5.74) is 1.51. The van der Waals surface area contributed by atoms with Crippen LogP contribution < -0.4 is 10.6 Å². The molecule has 0 atom stereocenters. The second-order valence-electron chi connectivity index (χ2n) is 6.49. The van der Waals surface area contributed by atoms with Crippen LogP contribution in [0.1, 0.15) is 33.0 Å². The van der Waals surface area contributed by atoms with Crippen LogP contribution in [0, 0.1) is 17.0 Å². The van der Waals surface area contributed by atoms with Crippen LogP contribution in [0.4, 0.5) is 5.69 Å². The number of nitro groups is 1. The number of nitrogens with zero attached hydrogens (tertiary/aromatic N) is 2. The van der Waals surface area contributed by atoms with Crippen LogP contribution in [-0.4, -0.2) is 34.8 Å². The highest BCUT2D eigenvalue weighted by Gasteiger charge is 2.19. The van der Waals surface area contributed by atoms with E-state index < -0.39 is 10.8 Å². The number of furan rings is 1. The van der Waals surface area contributed by atoms with E-state index in [0.717, 1.165) is 5.69 Å². The largest absolute Gasteiger partial charge is 0.451 e. The van der Waals surface area contributed by atoms with E-state index in [0.29, 0.717) is 30.6 Å². The first-order valence-electron chi connectivity index (χ1n) is 9.28. The maximum atomic E-state index is 12.2. The SMILES string of the molecule is Cc1ccc(C(=O)NCCCNC(=O)c2ccc(-c3ccccc3[N+](=O)[O-])o2)cn1. The molecule has 9 nitrogen and oxygen atoms in total. The van der Waals surface area contributed by atoms with Gasteiger partial charge in [0.05, 0.1) is 16.1 Å². The molecule has 0 fully saturated rings. The fourth-order valence-electron chi connectivity index (χ4n) is 2.73. The molecule has 0 aliphatic carbocycles. The van der Waals surface area contributed by atoms with E-state index in [1.54, 1.807) is 30.3 Å². The summed E-state index contributed by atoms with van der Waals surface area (Å²) in [6, 6.07) is 12.6. The molecular formula is C21H20N4O5. The van der Waals surface area contributed by atoms with Crippen molar-refractivity contribution < 1.29 is 18.9 Å². The molecule has 1 aromatic carbocycles. The number of para-hydroxylation sites is 1. The van der Waals surface area contributed by atoms with Crippen molar-refractivity contribution in [2.75, 3.05) is 13.1 Å². The zero-order chi connectivity index (χ0) is 21.5. The van der Waals surface area contributed by atoms with Gasteiger partial charge in [-0.3, -0.25) is 24.7 Å². The average Bonchev–Trinajstić information content (AvgIpc) is 3.24. The zero-order valence-electron chi connectivity index (χ0n) is 16.3. The Kier molecular flexibility index (Phi) is 6.53. The molecule has 0 aliphatic rings. The molecule has 0 radical (unpaired) electrons. The lowest BCUT2D eigenvalue weighted by molar-refractivity contribution is -0.384. The van der Waals surface area contributed by atoms with Crippen molar-refractivity contribution in [2.45, 2.75) is 13.3 Å². The highest BCUT2D eigenvalue weighted by atomic mass is 16.6. The van der Waals surface area contributed by atoms with E-state index >= 15 is 0 Å². The van der Waals surface area contributed by atoms with Gasteiger partial charge in [-0.05, 0) is 43.7 Å². The number of aryl methyl sites for hydroxylation is 1. The van der Waals surface area contributed by atoms with Gasteiger partial charge >= 0.3 is 0 Å². The van der Waals surface area contributed by atoms with Crippen molar-refractivity contribution in [1.29, 1.82) is 0 Å². The molecule has 0 spiro atoms. The molecule has 9 heteroatoms. The van der Waals surface area contributed by atoms with Gasteiger partial charge in [0.15, 0.2) is 5.76 Å². The molecule has 2 amide bonds. The number of amides is 2. The predicted octanol–water partition coefficient (Wildman–Crippen LogP) is 3.11. The third-order valence-corrected chi connectivity index (χ3v) is 4.29. The van der Waals surface area contributed by atoms with Crippen LogP contribution in [0.5, 0.6) is 0 Å². The molecule has 2 heterocycles. The molecule has 0 bridgehead atoms. The topological polar surface area (TPSA) is 127 Å². The lowest BCUT2D eigenvalue weighted by Gasteiger charge is -2.06. The first-order chi connectivity index (χ1) is 14.5. The fourth-order valence-corrected chi connectivity index (χ4v) is 2.73.